The van der Waals surface area contributed by atoms with Crippen LogP contribution in [0.25, 0.3) is 23.5 Å². The molecule has 12 rings (SSSR count). The van der Waals surface area contributed by atoms with Crippen LogP contribution >= 0.6 is 0 Å². The first-order valence-electron chi connectivity index (χ1n) is 23.7. The summed E-state index contributed by atoms with van der Waals surface area (Å²) in [5, 5.41) is 9.19. The van der Waals surface area contributed by atoms with Gasteiger partial charge in [-0.3, -0.25) is 19.2 Å². The molecular weight excluding hydrogens is 871 g/mol. The van der Waals surface area contributed by atoms with Gasteiger partial charge in [0, 0.05) is 50.4 Å². The van der Waals surface area contributed by atoms with Crippen LogP contribution in [0.3, 0.4) is 0 Å². The Labute approximate surface area is 393 Å². The van der Waals surface area contributed by atoms with Crippen LogP contribution in [-0.2, 0) is 51.0 Å². The Bertz CT molecular complexity index is 2730. The first-order chi connectivity index (χ1) is 32.3. The summed E-state index contributed by atoms with van der Waals surface area (Å²) in [6.07, 6.45) is 19.0. The van der Waals surface area contributed by atoms with E-state index in [0.29, 0.717) is 38.5 Å². The summed E-state index contributed by atoms with van der Waals surface area (Å²) in [4.78, 5) is 53.2. The average molecular weight is 925 g/mol. The predicted molar refractivity (Wildman–Crippen MR) is 244 cm³/mol. The molecular formula is C54H54F2N4O8. The minimum absolute atomic E-state index is 0.242. The Morgan fingerprint density at radius 2 is 0.897 bits per heavy atom. The van der Waals surface area contributed by atoms with Crippen LogP contribution in [0.5, 0.6) is 0 Å². The maximum atomic E-state index is 13.4. The molecule has 0 bridgehead atoms. The van der Waals surface area contributed by atoms with E-state index in [4.69, 9.17) is 18.9 Å². The lowest BCUT2D eigenvalue weighted by Gasteiger charge is -2.53. The van der Waals surface area contributed by atoms with Gasteiger partial charge in [-0.1, -0.05) is 48.3 Å². The van der Waals surface area contributed by atoms with Crippen molar-refractivity contribution >= 4 is 36.0 Å². The minimum atomic E-state index is -1.27. The second kappa shape index (κ2) is 15.0. The summed E-state index contributed by atoms with van der Waals surface area (Å²) in [7, 11) is 0. The van der Waals surface area contributed by atoms with Crippen molar-refractivity contribution in [3.05, 3.63) is 130 Å². The Balaban J connectivity index is 0.000000149. The van der Waals surface area contributed by atoms with E-state index in [0.717, 1.165) is 70.7 Å². The minimum Gasteiger partial charge on any atom is -0.422 e. The molecule has 2 aliphatic heterocycles. The van der Waals surface area contributed by atoms with Gasteiger partial charge in [-0.15, -0.1) is 0 Å². The van der Waals surface area contributed by atoms with E-state index in [1.807, 2.05) is 21.8 Å². The third-order valence-electron chi connectivity index (χ3n) is 16.3. The van der Waals surface area contributed by atoms with E-state index in [1.54, 1.807) is 52.0 Å². The molecule has 2 aromatic carbocycles. The molecule has 2 saturated heterocycles. The summed E-state index contributed by atoms with van der Waals surface area (Å²) >= 11 is 0. The number of nitrogens with zero attached hydrogens (tertiary/aromatic N) is 4. The number of aromatic nitrogens is 4. The highest BCUT2D eigenvalue weighted by molar-refractivity contribution is 6.03. The number of hydrogen-bond acceptors (Lipinski definition) is 10. The van der Waals surface area contributed by atoms with Crippen LogP contribution in [-0.4, -0.2) is 55.0 Å². The summed E-state index contributed by atoms with van der Waals surface area (Å²) in [5.74, 6) is -5.35. The quantitative estimate of drug-likeness (QED) is 0.108. The molecule has 4 atom stereocenters. The molecule has 0 radical (unpaired) electrons. The fourth-order valence-electron chi connectivity index (χ4n) is 13.0. The van der Waals surface area contributed by atoms with Crippen molar-refractivity contribution in [2.24, 2.45) is 33.5 Å². The van der Waals surface area contributed by atoms with E-state index < -0.39 is 46.3 Å². The number of hydrogen-bond donors (Lipinski definition) is 0. The molecule has 0 unspecified atom stereocenters. The molecule has 12 nitrogen and oxygen atoms in total. The maximum Gasteiger partial charge on any atom is 0.327 e. The van der Waals surface area contributed by atoms with Crippen molar-refractivity contribution in [3.63, 3.8) is 0 Å². The van der Waals surface area contributed by atoms with Crippen LogP contribution in [0.15, 0.2) is 95.4 Å². The molecule has 6 aliphatic carbocycles. The molecule has 4 fully saturated rings. The van der Waals surface area contributed by atoms with Gasteiger partial charge in [0.15, 0.2) is 10.8 Å². The zero-order valence-electron chi connectivity index (χ0n) is 39.1. The molecule has 0 N–H and O–H groups in total. The number of ether oxygens (including phenoxy) is 4. The fraction of sp³-hybridized carbons (Fsp3) is 0.444. The van der Waals surface area contributed by atoms with Crippen molar-refractivity contribution in [1.82, 2.24) is 19.6 Å². The van der Waals surface area contributed by atoms with Crippen LogP contribution in [0.4, 0.5) is 8.78 Å². The lowest BCUT2D eigenvalue weighted by Crippen LogP contribution is -2.60. The fourth-order valence-corrected chi connectivity index (χ4v) is 13.0. The third-order valence-corrected chi connectivity index (χ3v) is 16.3. The summed E-state index contributed by atoms with van der Waals surface area (Å²) in [6.45, 7) is 10.8. The monoisotopic (exact) mass is 924 g/mol. The molecule has 4 aromatic rings. The first-order valence-corrected chi connectivity index (χ1v) is 23.7. The lowest BCUT2D eigenvalue weighted by atomic mass is 9.51. The number of cyclic esters (lactones) is 4. The van der Waals surface area contributed by atoms with E-state index in [2.05, 4.69) is 48.3 Å². The number of allylic oxidation sites excluding steroid dienone is 6. The van der Waals surface area contributed by atoms with Gasteiger partial charge in [0.2, 0.25) is 0 Å². The van der Waals surface area contributed by atoms with Crippen LogP contribution in [0.2, 0.25) is 0 Å². The smallest absolute Gasteiger partial charge is 0.327 e. The Hall–Kier alpha value is -6.44. The number of esters is 4. The van der Waals surface area contributed by atoms with Crippen LogP contribution in [0.1, 0.15) is 115 Å². The highest BCUT2D eigenvalue weighted by Gasteiger charge is 2.66. The van der Waals surface area contributed by atoms with Crippen molar-refractivity contribution in [2.75, 3.05) is 0 Å². The Morgan fingerprint density at radius 1 is 0.544 bits per heavy atom. The number of carbonyl (C=O) groups is 4. The highest BCUT2D eigenvalue weighted by atomic mass is 19.1. The van der Waals surface area contributed by atoms with Gasteiger partial charge in [-0.25, -0.2) is 18.1 Å². The van der Waals surface area contributed by atoms with Crippen LogP contribution < -0.4 is 0 Å². The average Bonchev–Trinajstić information content (AvgIpc) is 3.88. The number of fused-ring (bicyclic) bond motifs is 10. The van der Waals surface area contributed by atoms with Gasteiger partial charge >= 0.3 is 23.9 Å². The lowest BCUT2D eigenvalue weighted by molar-refractivity contribution is -0.258. The largest absolute Gasteiger partial charge is 0.422 e. The normalized spacial score (nSPS) is 28.6. The molecule has 2 spiro atoms. The number of rotatable bonds is 2. The second-order valence-corrected chi connectivity index (χ2v) is 21.1. The van der Waals surface area contributed by atoms with Gasteiger partial charge in [0.25, 0.3) is 11.6 Å². The topological polar surface area (TPSA) is 141 Å². The van der Waals surface area contributed by atoms with Gasteiger partial charge in [0.05, 0.1) is 35.2 Å². The van der Waals surface area contributed by atoms with E-state index in [9.17, 15) is 28.0 Å². The number of carbonyl (C=O) groups excluding carboxylic acids is 4. The van der Waals surface area contributed by atoms with E-state index in [-0.39, 0.29) is 34.3 Å². The second-order valence-electron chi connectivity index (χ2n) is 21.1. The van der Waals surface area contributed by atoms with Crippen LogP contribution in [0, 0.1) is 45.1 Å². The van der Waals surface area contributed by atoms with Gasteiger partial charge in [0.1, 0.15) is 11.6 Å². The van der Waals surface area contributed by atoms with Crippen molar-refractivity contribution < 1.29 is 46.9 Å². The molecule has 2 aromatic heterocycles. The summed E-state index contributed by atoms with van der Waals surface area (Å²) in [6, 6.07) is 12.6. The number of benzene rings is 2. The standard InChI is InChI=1S/2C27H27FN2O4/c2*1-25(2)33-23(31)27(24(32)34-25)12-4-5-20-21(27)11-6-17-13-22-16(14-26(17,20)3)15-29-30(22)19-9-7-18(28)8-10-19/h2*5,7-10,13,15,21H,4,6,11-12,14H2,1-3H3/t21-,26+;21-,26-/m10/s1. The Morgan fingerprint density at radius 3 is 1.25 bits per heavy atom. The zero-order chi connectivity index (χ0) is 47.8. The van der Waals surface area contributed by atoms with Gasteiger partial charge < -0.3 is 18.9 Å². The Kier molecular flexibility index (Phi) is 9.74. The highest BCUT2D eigenvalue weighted by Crippen LogP contribution is 2.63. The SMILES string of the molecule is CC1(C)OC(=O)C2(CCC=C3[C@@H]2CCC2=Cc4c(cnn4-c4ccc(F)cc4)C[C@@]23C)C(=O)O1.CC1(C)OC(=O)C2(CCC=C3[C@H]2CCC2=Cc4c(cnn4-c4ccc(F)cc4)C[C@@]23C)C(=O)O1. The van der Waals surface area contributed by atoms with Crippen molar-refractivity contribution in [1.29, 1.82) is 0 Å². The summed E-state index contributed by atoms with van der Waals surface area (Å²) in [5.41, 5.74) is 7.42. The molecule has 352 valence electrons. The van der Waals surface area contributed by atoms with Crippen molar-refractivity contribution in [2.45, 2.75) is 117 Å². The van der Waals surface area contributed by atoms with Crippen molar-refractivity contribution in [3.8, 4) is 11.4 Å². The maximum absolute atomic E-state index is 13.4. The summed E-state index contributed by atoms with van der Waals surface area (Å²) < 4.78 is 53.0. The van der Waals surface area contributed by atoms with Gasteiger partial charge in [-0.05, 0) is 136 Å². The molecule has 4 heterocycles. The molecule has 14 heteroatoms. The zero-order valence-corrected chi connectivity index (χ0v) is 39.1. The first kappa shape index (κ1) is 44.1. The third kappa shape index (κ3) is 6.48. The molecule has 0 amide bonds. The number of halogens is 2. The molecule has 2 saturated carbocycles. The predicted octanol–water partition coefficient (Wildman–Crippen LogP) is 9.82. The van der Waals surface area contributed by atoms with Gasteiger partial charge in [-0.2, -0.15) is 10.2 Å². The van der Waals surface area contributed by atoms with E-state index in [1.165, 1.54) is 35.4 Å². The van der Waals surface area contributed by atoms with E-state index >= 15 is 0 Å². The molecule has 8 aliphatic rings. The molecule has 68 heavy (non-hydrogen) atoms.